The Labute approximate surface area is 206 Å². The van der Waals surface area contributed by atoms with Crippen LogP contribution in [-0.4, -0.2) is 73.2 Å². The highest BCUT2D eigenvalue weighted by molar-refractivity contribution is 5.89. The van der Waals surface area contributed by atoms with Crippen LogP contribution in [0.3, 0.4) is 0 Å². The lowest BCUT2D eigenvalue weighted by atomic mass is 10.0. The summed E-state index contributed by atoms with van der Waals surface area (Å²) in [7, 11) is 2.06. The number of benzene rings is 2. The van der Waals surface area contributed by atoms with Crippen molar-refractivity contribution in [3.05, 3.63) is 54.1 Å². The van der Waals surface area contributed by atoms with Crippen molar-refractivity contribution in [3.8, 4) is 11.1 Å². The molecule has 0 unspecified atom stereocenters. The molecule has 1 heterocycles. The molecule has 9 nitrogen and oxygen atoms in total. The molecule has 35 heavy (non-hydrogen) atoms. The Balaban J connectivity index is 1.49. The maximum absolute atomic E-state index is 12.5. The van der Waals surface area contributed by atoms with Crippen LogP contribution in [0.1, 0.15) is 26.3 Å². The average molecular weight is 482 g/mol. The number of carbonyl (C=O) groups excluding carboxylic acids is 3. The topological polar surface area (TPSA) is 103 Å². The second-order valence-electron chi connectivity index (χ2n) is 9.63. The number of carbonyl (C=O) groups is 3. The summed E-state index contributed by atoms with van der Waals surface area (Å²) in [5.41, 5.74) is 3.07. The number of hydrogen-bond donors (Lipinski definition) is 3. The zero-order valence-electron chi connectivity index (χ0n) is 20.9. The summed E-state index contributed by atoms with van der Waals surface area (Å²) in [6.45, 7) is 8.67. The van der Waals surface area contributed by atoms with Gasteiger partial charge in [-0.05, 0) is 62.7 Å². The predicted molar refractivity (Wildman–Crippen MR) is 136 cm³/mol. The molecule has 1 aliphatic rings. The van der Waals surface area contributed by atoms with Crippen LogP contribution in [0.15, 0.2) is 48.5 Å². The zero-order chi connectivity index (χ0) is 25.4. The molecule has 1 saturated heterocycles. The van der Waals surface area contributed by atoms with Gasteiger partial charge in [-0.25, -0.2) is 9.59 Å². The molecule has 2 aromatic carbocycles. The number of anilines is 1. The Morgan fingerprint density at radius 3 is 2.26 bits per heavy atom. The van der Waals surface area contributed by atoms with Gasteiger partial charge in [0.05, 0.1) is 0 Å². The molecule has 9 heteroatoms. The molecule has 0 aromatic heterocycles. The van der Waals surface area contributed by atoms with Crippen molar-refractivity contribution < 1.29 is 19.1 Å². The lowest BCUT2D eigenvalue weighted by Crippen LogP contribution is -2.48. The van der Waals surface area contributed by atoms with Crippen molar-refractivity contribution >= 4 is 23.7 Å². The van der Waals surface area contributed by atoms with Crippen molar-refractivity contribution in [2.75, 3.05) is 45.1 Å². The average Bonchev–Trinajstić information content (AvgIpc) is 2.81. The highest BCUT2D eigenvalue weighted by Gasteiger charge is 2.19. The van der Waals surface area contributed by atoms with Crippen molar-refractivity contribution in [2.24, 2.45) is 0 Å². The molecular weight excluding hydrogens is 446 g/mol. The molecule has 0 aliphatic carbocycles. The highest BCUT2D eigenvalue weighted by atomic mass is 16.6. The second kappa shape index (κ2) is 11.7. The number of amides is 4. The van der Waals surface area contributed by atoms with Crippen molar-refractivity contribution in [1.29, 1.82) is 0 Å². The van der Waals surface area contributed by atoms with Gasteiger partial charge in [-0.1, -0.05) is 30.3 Å². The Morgan fingerprint density at radius 1 is 0.914 bits per heavy atom. The number of piperazine rings is 1. The number of nitrogens with zero attached hydrogens (tertiary/aromatic N) is 2. The first-order valence-corrected chi connectivity index (χ1v) is 11.8. The standard InChI is InChI=1S/C26H35N5O4/c1-26(2,3)35-25(34)28-18-23(32)27-17-19-6-5-7-21(16-19)20-8-10-22(11-9-20)29-24(33)31-14-12-30(4)13-15-31/h5-11,16H,12-15,17-18H2,1-4H3,(H,27,32)(H,28,34)(H,29,33). The Kier molecular flexibility index (Phi) is 8.70. The van der Waals surface area contributed by atoms with E-state index in [0.717, 1.165) is 48.6 Å². The van der Waals surface area contributed by atoms with Crippen molar-refractivity contribution in [1.82, 2.24) is 20.4 Å². The third-order valence-corrected chi connectivity index (χ3v) is 5.47. The van der Waals surface area contributed by atoms with Crippen LogP contribution in [0.25, 0.3) is 11.1 Å². The first-order valence-electron chi connectivity index (χ1n) is 11.8. The largest absolute Gasteiger partial charge is 0.444 e. The maximum atomic E-state index is 12.5. The molecule has 0 atom stereocenters. The van der Waals surface area contributed by atoms with Gasteiger partial charge in [-0.3, -0.25) is 4.79 Å². The maximum Gasteiger partial charge on any atom is 0.408 e. The lowest BCUT2D eigenvalue weighted by Gasteiger charge is -2.32. The van der Waals surface area contributed by atoms with E-state index in [4.69, 9.17) is 4.74 Å². The minimum Gasteiger partial charge on any atom is -0.444 e. The lowest BCUT2D eigenvalue weighted by molar-refractivity contribution is -0.120. The van der Waals surface area contributed by atoms with Gasteiger partial charge in [-0.2, -0.15) is 0 Å². The number of alkyl carbamates (subject to hydrolysis) is 1. The molecule has 2 aromatic rings. The minimum atomic E-state index is -0.627. The van der Waals surface area contributed by atoms with Gasteiger partial charge in [-0.15, -0.1) is 0 Å². The van der Waals surface area contributed by atoms with Crippen LogP contribution < -0.4 is 16.0 Å². The summed E-state index contributed by atoms with van der Waals surface area (Å²) in [6, 6.07) is 15.5. The van der Waals surface area contributed by atoms with Crippen LogP contribution in [-0.2, 0) is 16.1 Å². The number of ether oxygens (including phenoxy) is 1. The molecule has 0 saturated carbocycles. The number of urea groups is 1. The van der Waals surface area contributed by atoms with Gasteiger partial charge in [0.1, 0.15) is 12.1 Å². The van der Waals surface area contributed by atoms with Crippen LogP contribution in [0.4, 0.5) is 15.3 Å². The summed E-state index contributed by atoms with van der Waals surface area (Å²) in [5.74, 6) is -0.304. The van der Waals surface area contributed by atoms with E-state index in [1.165, 1.54) is 0 Å². The van der Waals surface area contributed by atoms with Gasteiger partial charge in [0.15, 0.2) is 0 Å². The summed E-state index contributed by atoms with van der Waals surface area (Å²) in [5, 5.41) is 8.21. The van der Waals surface area contributed by atoms with Crippen LogP contribution in [0.2, 0.25) is 0 Å². The Hall–Kier alpha value is -3.59. The minimum absolute atomic E-state index is 0.0789. The van der Waals surface area contributed by atoms with Gasteiger partial charge < -0.3 is 30.5 Å². The molecule has 4 amide bonds. The zero-order valence-corrected chi connectivity index (χ0v) is 20.9. The molecule has 3 rings (SSSR count). The van der Waals surface area contributed by atoms with E-state index >= 15 is 0 Å². The second-order valence-corrected chi connectivity index (χ2v) is 9.63. The fourth-order valence-corrected chi connectivity index (χ4v) is 3.55. The number of hydrogen-bond acceptors (Lipinski definition) is 5. The number of likely N-dealkylation sites (N-methyl/N-ethyl adjacent to an activating group) is 1. The quantitative estimate of drug-likeness (QED) is 0.588. The molecule has 188 valence electrons. The fourth-order valence-electron chi connectivity index (χ4n) is 3.55. The van der Waals surface area contributed by atoms with Gasteiger partial charge in [0.25, 0.3) is 0 Å². The SMILES string of the molecule is CN1CCN(C(=O)Nc2ccc(-c3cccc(CNC(=O)CNC(=O)OC(C)(C)C)c3)cc2)CC1. The van der Waals surface area contributed by atoms with E-state index in [2.05, 4.69) is 27.9 Å². The molecule has 0 radical (unpaired) electrons. The summed E-state index contributed by atoms with van der Waals surface area (Å²) < 4.78 is 5.12. The van der Waals surface area contributed by atoms with E-state index in [1.807, 2.05) is 53.4 Å². The van der Waals surface area contributed by atoms with E-state index in [1.54, 1.807) is 20.8 Å². The van der Waals surface area contributed by atoms with Crippen LogP contribution in [0.5, 0.6) is 0 Å². The molecule has 0 bridgehead atoms. The monoisotopic (exact) mass is 481 g/mol. The summed E-state index contributed by atoms with van der Waals surface area (Å²) >= 11 is 0. The third-order valence-electron chi connectivity index (χ3n) is 5.47. The van der Waals surface area contributed by atoms with E-state index in [-0.39, 0.29) is 18.5 Å². The van der Waals surface area contributed by atoms with Gasteiger partial charge in [0, 0.05) is 38.4 Å². The van der Waals surface area contributed by atoms with Gasteiger partial charge in [0.2, 0.25) is 5.91 Å². The van der Waals surface area contributed by atoms with Gasteiger partial charge >= 0.3 is 12.1 Å². The summed E-state index contributed by atoms with van der Waals surface area (Å²) in [6.07, 6.45) is -0.627. The fraction of sp³-hybridized carbons (Fsp3) is 0.423. The Morgan fingerprint density at radius 2 is 1.60 bits per heavy atom. The first-order chi connectivity index (χ1) is 16.6. The normalized spacial score (nSPS) is 14.2. The summed E-state index contributed by atoms with van der Waals surface area (Å²) in [4.78, 5) is 40.3. The van der Waals surface area contributed by atoms with E-state index < -0.39 is 11.7 Å². The molecule has 3 N–H and O–H groups in total. The van der Waals surface area contributed by atoms with Crippen molar-refractivity contribution in [2.45, 2.75) is 32.9 Å². The predicted octanol–water partition coefficient (Wildman–Crippen LogP) is 3.27. The van der Waals surface area contributed by atoms with Crippen molar-refractivity contribution in [3.63, 3.8) is 0 Å². The number of rotatable bonds is 6. The third kappa shape index (κ3) is 8.60. The van der Waals surface area contributed by atoms with Crippen LogP contribution in [0, 0.1) is 0 Å². The molecular formula is C26H35N5O4. The molecule has 1 aliphatic heterocycles. The number of nitrogens with one attached hydrogen (secondary N) is 3. The first kappa shape index (κ1) is 26.0. The smallest absolute Gasteiger partial charge is 0.408 e. The van der Waals surface area contributed by atoms with E-state index in [0.29, 0.717) is 6.54 Å². The van der Waals surface area contributed by atoms with E-state index in [9.17, 15) is 14.4 Å². The van der Waals surface area contributed by atoms with Crippen LogP contribution >= 0.6 is 0 Å². The highest BCUT2D eigenvalue weighted by Crippen LogP contribution is 2.23. The Bertz CT molecular complexity index is 1020. The molecule has 1 fully saturated rings. The molecule has 0 spiro atoms.